The quantitative estimate of drug-likeness (QED) is 0.920. The average molecular weight is 349 g/mol. The summed E-state index contributed by atoms with van der Waals surface area (Å²) < 4.78 is 39.4. The molecule has 0 spiro atoms. The Morgan fingerprint density at radius 3 is 2.28 bits per heavy atom. The van der Waals surface area contributed by atoms with Crippen molar-refractivity contribution in [2.75, 3.05) is 19.7 Å². The number of likely N-dealkylation sites (tertiary alicyclic amines) is 1. The van der Waals surface area contributed by atoms with Gasteiger partial charge in [-0.15, -0.1) is 0 Å². The number of halogens is 3. The number of carbonyl (C=O) groups is 1. The second-order valence-corrected chi connectivity index (χ2v) is 6.21. The van der Waals surface area contributed by atoms with E-state index in [2.05, 4.69) is 0 Å². The predicted octanol–water partition coefficient (Wildman–Crippen LogP) is 3.60. The van der Waals surface area contributed by atoms with E-state index >= 15 is 0 Å². The number of nitrogens with zero attached hydrogens (tertiary/aromatic N) is 1. The van der Waals surface area contributed by atoms with Gasteiger partial charge >= 0.3 is 6.18 Å². The van der Waals surface area contributed by atoms with Gasteiger partial charge in [-0.3, -0.25) is 4.79 Å². The minimum absolute atomic E-state index is 0.0946. The first-order valence-corrected chi connectivity index (χ1v) is 8.03. The number of benzene rings is 2. The fraction of sp³-hybridized carbons (Fsp3) is 0.316. The van der Waals surface area contributed by atoms with Crippen molar-refractivity contribution in [2.45, 2.75) is 6.18 Å². The fourth-order valence-corrected chi connectivity index (χ4v) is 3.30. The van der Waals surface area contributed by atoms with E-state index in [0.717, 1.165) is 5.56 Å². The Bertz CT molecular complexity index is 746. The van der Waals surface area contributed by atoms with Crippen LogP contribution in [0.2, 0.25) is 0 Å². The molecular formula is C19H18F3NO2. The van der Waals surface area contributed by atoms with Gasteiger partial charge in [0, 0.05) is 31.2 Å². The summed E-state index contributed by atoms with van der Waals surface area (Å²) in [5.41, 5.74) is 1.88. The van der Waals surface area contributed by atoms with E-state index in [4.69, 9.17) is 0 Å². The largest absolute Gasteiger partial charge is 0.396 e. The smallest absolute Gasteiger partial charge is 0.393 e. The highest BCUT2D eigenvalue weighted by Gasteiger charge is 2.50. The number of aliphatic hydroxyl groups is 1. The second-order valence-electron chi connectivity index (χ2n) is 6.21. The van der Waals surface area contributed by atoms with Gasteiger partial charge in [-0.25, -0.2) is 0 Å². The number of rotatable bonds is 3. The SMILES string of the molecule is O=C(c1ccccc1-c1ccccc1)N1C[C@@H](CO)[C@H](C(F)(F)F)C1. The van der Waals surface area contributed by atoms with Crippen molar-refractivity contribution < 1.29 is 23.1 Å². The molecule has 1 N–H and O–H groups in total. The molecule has 2 aromatic rings. The molecule has 1 aliphatic rings. The van der Waals surface area contributed by atoms with Gasteiger partial charge in [0.1, 0.15) is 0 Å². The highest BCUT2D eigenvalue weighted by Crippen LogP contribution is 2.38. The van der Waals surface area contributed by atoms with Crippen LogP contribution in [-0.4, -0.2) is 41.8 Å². The van der Waals surface area contributed by atoms with Gasteiger partial charge in [-0.05, 0) is 17.2 Å². The zero-order chi connectivity index (χ0) is 18.0. The fourth-order valence-electron chi connectivity index (χ4n) is 3.30. The summed E-state index contributed by atoms with van der Waals surface area (Å²) in [5, 5.41) is 9.26. The van der Waals surface area contributed by atoms with Gasteiger partial charge in [0.25, 0.3) is 5.91 Å². The van der Waals surface area contributed by atoms with E-state index in [-0.39, 0.29) is 6.54 Å². The zero-order valence-corrected chi connectivity index (χ0v) is 13.4. The molecule has 1 heterocycles. The van der Waals surface area contributed by atoms with Crippen LogP contribution in [-0.2, 0) is 0 Å². The van der Waals surface area contributed by atoms with E-state index in [1.807, 2.05) is 30.3 Å². The maximum atomic E-state index is 13.1. The van der Waals surface area contributed by atoms with Gasteiger partial charge in [0.15, 0.2) is 0 Å². The Hall–Kier alpha value is -2.34. The number of hydrogen-bond donors (Lipinski definition) is 1. The molecule has 1 saturated heterocycles. The summed E-state index contributed by atoms with van der Waals surface area (Å²) in [6.07, 6.45) is -4.43. The maximum absolute atomic E-state index is 13.1. The molecule has 132 valence electrons. The van der Waals surface area contributed by atoms with Gasteiger partial charge in [-0.2, -0.15) is 13.2 Å². The Kier molecular flexibility index (Phi) is 4.81. The molecule has 0 saturated carbocycles. The Morgan fingerprint density at radius 2 is 1.68 bits per heavy atom. The molecule has 0 unspecified atom stereocenters. The van der Waals surface area contributed by atoms with Crippen LogP contribution in [0.15, 0.2) is 54.6 Å². The Labute approximate surface area is 143 Å². The minimum atomic E-state index is -4.43. The third kappa shape index (κ3) is 3.54. The van der Waals surface area contributed by atoms with Crippen molar-refractivity contribution in [1.82, 2.24) is 4.90 Å². The molecular weight excluding hydrogens is 331 g/mol. The first-order chi connectivity index (χ1) is 11.9. The number of aliphatic hydroxyl groups excluding tert-OH is 1. The lowest BCUT2D eigenvalue weighted by Gasteiger charge is -2.20. The highest BCUT2D eigenvalue weighted by molar-refractivity contribution is 6.01. The van der Waals surface area contributed by atoms with Crippen LogP contribution in [0.25, 0.3) is 11.1 Å². The van der Waals surface area contributed by atoms with E-state index in [1.165, 1.54) is 4.90 Å². The lowest BCUT2D eigenvalue weighted by atomic mass is 9.97. The molecule has 2 aromatic carbocycles. The number of carbonyl (C=O) groups excluding carboxylic acids is 1. The van der Waals surface area contributed by atoms with E-state index in [0.29, 0.717) is 11.1 Å². The topological polar surface area (TPSA) is 40.5 Å². The van der Waals surface area contributed by atoms with Crippen LogP contribution in [0.4, 0.5) is 13.2 Å². The Morgan fingerprint density at radius 1 is 1.04 bits per heavy atom. The van der Waals surface area contributed by atoms with Crippen molar-refractivity contribution in [2.24, 2.45) is 11.8 Å². The average Bonchev–Trinajstić information content (AvgIpc) is 3.07. The van der Waals surface area contributed by atoms with E-state index in [9.17, 15) is 23.1 Å². The normalized spacial score (nSPS) is 20.7. The molecule has 0 bridgehead atoms. The molecule has 3 nitrogen and oxygen atoms in total. The van der Waals surface area contributed by atoms with Crippen LogP contribution in [0, 0.1) is 11.8 Å². The lowest BCUT2D eigenvalue weighted by Crippen LogP contribution is -2.33. The van der Waals surface area contributed by atoms with Crippen molar-refractivity contribution in [1.29, 1.82) is 0 Å². The first kappa shape index (κ1) is 17.5. The maximum Gasteiger partial charge on any atom is 0.393 e. The number of hydrogen-bond acceptors (Lipinski definition) is 2. The van der Waals surface area contributed by atoms with Crippen LogP contribution < -0.4 is 0 Å². The van der Waals surface area contributed by atoms with Gasteiger partial charge in [0.2, 0.25) is 0 Å². The molecule has 1 fully saturated rings. The number of alkyl halides is 3. The van der Waals surface area contributed by atoms with Gasteiger partial charge in [-0.1, -0.05) is 48.5 Å². The summed E-state index contributed by atoms with van der Waals surface area (Å²) in [4.78, 5) is 14.0. The van der Waals surface area contributed by atoms with Crippen LogP contribution in [0.3, 0.4) is 0 Å². The van der Waals surface area contributed by atoms with Crippen molar-refractivity contribution >= 4 is 5.91 Å². The third-order valence-corrected chi connectivity index (χ3v) is 4.63. The molecule has 0 radical (unpaired) electrons. The lowest BCUT2D eigenvalue weighted by molar-refractivity contribution is -0.182. The molecule has 3 rings (SSSR count). The molecule has 1 aliphatic heterocycles. The van der Waals surface area contributed by atoms with Gasteiger partial charge < -0.3 is 10.0 Å². The van der Waals surface area contributed by atoms with E-state index in [1.54, 1.807) is 24.3 Å². The molecule has 1 amide bonds. The molecule has 25 heavy (non-hydrogen) atoms. The predicted molar refractivity (Wildman–Crippen MR) is 87.9 cm³/mol. The zero-order valence-electron chi connectivity index (χ0n) is 13.4. The number of amides is 1. The third-order valence-electron chi connectivity index (χ3n) is 4.63. The summed E-state index contributed by atoms with van der Waals surface area (Å²) >= 11 is 0. The highest BCUT2D eigenvalue weighted by atomic mass is 19.4. The van der Waals surface area contributed by atoms with E-state index < -0.39 is 37.1 Å². The molecule has 0 aliphatic carbocycles. The monoisotopic (exact) mass is 349 g/mol. The van der Waals surface area contributed by atoms with Crippen molar-refractivity contribution in [3.8, 4) is 11.1 Å². The summed E-state index contributed by atoms with van der Waals surface area (Å²) in [5.74, 6) is -3.11. The molecule has 2 atom stereocenters. The molecule has 0 aromatic heterocycles. The summed E-state index contributed by atoms with van der Waals surface area (Å²) in [6, 6.07) is 16.1. The van der Waals surface area contributed by atoms with Crippen LogP contribution in [0.5, 0.6) is 0 Å². The van der Waals surface area contributed by atoms with Crippen molar-refractivity contribution in [3.05, 3.63) is 60.2 Å². The summed E-state index contributed by atoms with van der Waals surface area (Å²) in [6.45, 7) is -1.10. The minimum Gasteiger partial charge on any atom is -0.396 e. The van der Waals surface area contributed by atoms with Crippen LogP contribution in [0.1, 0.15) is 10.4 Å². The molecule has 6 heteroatoms. The first-order valence-electron chi connectivity index (χ1n) is 8.03. The standard InChI is InChI=1S/C19H18F3NO2/c20-19(21,22)17-11-23(10-14(17)12-24)18(25)16-9-5-4-8-15(16)13-6-2-1-3-7-13/h1-9,14,17,24H,10-12H2/t14-,17+/m0/s1. The van der Waals surface area contributed by atoms with Gasteiger partial charge in [0.05, 0.1) is 5.92 Å². The van der Waals surface area contributed by atoms with Crippen LogP contribution >= 0.6 is 0 Å². The van der Waals surface area contributed by atoms with Crippen molar-refractivity contribution in [3.63, 3.8) is 0 Å². The second kappa shape index (κ2) is 6.88. The summed E-state index contributed by atoms with van der Waals surface area (Å²) in [7, 11) is 0. The Balaban J connectivity index is 1.90.